The van der Waals surface area contributed by atoms with Gasteiger partial charge in [0.25, 0.3) is 0 Å². The Morgan fingerprint density at radius 2 is 2.47 bits per heavy atom. The molecule has 1 aromatic rings. The summed E-state index contributed by atoms with van der Waals surface area (Å²) in [5.41, 5.74) is 0. The highest BCUT2D eigenvalue weighted by Crippen LogP contribution is 2.19. The summed E-state index contributed by atoms with van der Waals surface area (Å²) in [6.07, 6.45) is 3.29. The molecule has 1 aliphatic rings. The van der Waals surface area contributed by atoms with Gasteiger partial charge < -0.3 is 20.3 Å². The number of nitrogens with one attached hydrogen (secondary N) is 2. The first-order chi connectivity index (χ1) is 9.16. The van der Waals surface area contributed by atoms with E-state index in [0.717, 1.165) is 5.75 Å². The maximum Gasteiger partial charge on any atom is 0.318 e. The van der Waals surface area contributed by atoms with E-state index < -0.39 is 5.97 Å². The summed E-state index contributed by atoms with van der Waals surface area (Å²) in [7, 11) is 0. The van der Waals surface area contributed by atoms with Gasteiger partial charge in [-0.2, -0.15) is 11.8 Å². The highest BCUT2D eigenvalue weighted by Gasteiger charge is 2.28. The molecule has 1 aromatic heterocycles. The van der Waals surface area contributed by atoms with Crippen LogP contribution < -0.4 is 5.32 Å². The van der Waals surface area contributed by atoms with E-state index in [9.17, 15) is 9.59 Å². The number of nitrogens with zero attached hydrogens (tertiary/aromatic N) is 2. The summed E-state index contributed by atoms with van der Waals surface area (Å²) in [4.78, 5) is 31.4. The minimum Gasteiger partial charge on any atom is -0.481 e. The Kier molecular flexibility index (Phi) is 4.67. The number of carboxylic acids is 1. The number of hydrogen-bond acceptors (Lipinski definition) is 4. The predicted molar refractivity (Wildman–Crippen MR) is 70.9 cm³/mol. The molecule has 2 heterocycles. The Morgan fingerprint density at radius 3 is 3.16 bits per heavy atom. The number of aromatic nitrogens is 2. The minimum atomic E-state index is -0.878. The van der Waals surface area contributed by atoms with Gasteiger partial charge in [0.15, 0.2) is 0 Å². The van der Waals surface area contributed by atoms with E-state index in [1.165, 1.54) is 0 Å². The van der Waals surface area contributed by atoms with Crippen molar-refractivity contribution in [2.75, 3.05) is 18.1 Å². The first-order valence-electron chi connectivity index (χ1n) is 5.99. The summed E-state index contributed by atoms with van der Waals surface area (Å²) in [5, 5.41) is 11.6. The summed E-state index contributed by atoms with van der Waals surface area (Å²) in [5.74, 6) is 1.30. The Bertz CT molecular complexity index is 437. The second kappa shape index (κ2) is 6.46. The van der Waals surface area contributed by atoms with E-state index in [1.54, 1.807) is 29.1 Å². The number of thioether (sulfide) groups is 1. The van der Waals surface area contributed by atoms with Gasteiger partial charge in [-0.05, 0) is 0 Å². The molecule has 3 N–H and O–H groups in total. The number of aromatic amines is 1. The highest BCUT2D eigenvalue weighted by atomic mass is 32.2. The standard InChI is InChI=1S/C11H16N4O3S/c16-10(17)5-8-7-19-4-3-15(8)11(18)14-6-9-12-1-2-13-9/h1-2,8H,3-7H2,(H,12,13)(H,14,18)(H,16,17). The van der Waals surface area contributed by atoms with Gasteiger partial charge in [0, 0.05) is 30.4 Å². The molecule has 1 unspecified atom stereocenters. The molecule has 2 rings (SSSR count). The molecule has 1 saturated heterocycles. The topological polar surface area (TPSA) is 98.3 Å². The van der Waals surface area contributed by atoms with Crippen molar-refractivity contribution in [2.24, 2.45) is 0 Å². The molecule has 7 nitrogen and oxygen atoms in total. The van der Waals surface area contributed by atoms with Crippen LogP contribution in [-0.2, 0) is 11.3 Å². The average Bonchev–Trinajstić information content (AvgIpc) is 2.89. The zero-order valence-corrected chi connectivity index (χ0v) is 11.2. The quantitative estimate of drug-likeness (QED) is 0.748. The highest BCUT2D eigenvalue weighted by molar-refractivity contribution is 7.99. The van der Waals surface area contributed by atoms with Crippen LogP contribution in [0.2, 0.25) is 0 Å². The van der Waals surface area contributed by atoms with Crippen LogP contribution in [0.1, 0.15) is 12.2 Å². The van der Waals surface area contributed by atoms with Crippen LogP contribution in [0.25, 0.3) is 0 Å². The SMILES string of the molecule is O=C(O)CC1CSCCN1C(=O)NCc1ncc[nH]1. The summed E-state index contributed by atoms with van der Waals surface area (Å²) in [6.45, 7) is 0.891. The first-order valence-corrected chi connectivity index (χ1v) is 7.14. The second-order valence-electron chi connectivity index (χ2n) is 4.21. The Hall–Kier alpha value is -1.70. The number of hydrogen-bond donors (Lipinski definition) is 3. The molecule has 19 heavy (non-hydrogen) atoms. The summed E-state index contributed by atoms with van der Waals surface area (Å²) < 4.78 is 0. The fourth-order valence-corrected chi connectivity index (χ4v) is 3.01. The molecule has 0 saturated carbocycles. The van der Waals surface area contributed by atoms with Crippen LogP contribution in [0.4, 0.5) is 4.79 Å². The van der Waals surface area contributed by atoms with Crippen LogP contribution in [0, 0.1) is 0 Å². The maximum absolute atomic E-state index is 12.1. The van der Waals surface area contributed by atoms with Crippen LogP contribution in [0.15, 0.2) is 12.4 Å². The van der Waals surface area contributed by atoms with Gasteiger partial charge in [0.2, 0.25) is 0 Å². The first kappa shape index (κ1) is 13.7. The average molecular weight is 284 g/mol. The lowest BCUT2D eigenvalue weighted by Gasteiger charge is -2.34. The van der Waals surface area contributed by atoms with E-state index in [-0.39, 0.29) is 18.5 Å². The fraction of sp³-hybridized carbons (Fsp3) is 0.545. The largest absolute Gasteiger partial charge is 0.481 e. The molecule has 0 radical (unpaired) electrons. The molecule has 0 spiro atoms. The second-order valence-corrected chi connectivity index (χ2v) is 5.36. The van der Waals surface area contributed by atoms with Crippen molar-refractivity contribution in [3.05, 3.63) is 18.2 Å². The number of aliphatic carboxylic acids is 1. The lowest BCUT2D eigenvalue weighted by molar-refractivity contribution is -0.138. The predicted octanol–water partition coefficient (Wildman–Crippen LogP) is 0.511. The van der Waals surface area contributed by atoms with Crippen molar-refractivity contribution in [2.45, 2.75) is 19.0 Å². The molecular formula is C11H16N4O3S. The van der Waals surface area contributed by atoms with Crippen molar-refractivity contribution in [1.82, 2.24) is 20.2 Å². The third-order valence-corrected chi connectivity index (χ3v) is 3.95. The maximum atomic E-state index is 12.1. The number of imidazole rings is 1. The van der Waals surface area contributed by atoms with Crippen LogP contribution in [-0.4, -0.2) is 56.1 Å². The Morgan fingerprint density at radius 1 is 1.63 bits per heavy atom. The lowest BCUT2D eigenvalue weighted by atomic mass is 10.2. The molecule has 1 atom stereocenters. The zero-order chi connectivity index (χ0) is 13.7. The molecule has 0 aliphatic carbocycles. The fourth-order valence-electron chi connectivity index (χ4n) is 1.95. The van der Waals surface area contributed by atoms with E-state index in [1.807, 2.05) is 0 Å². The van der Waals surface area contributed by atoms with Gasteiger partial charge in [-0.15, -0.1) is 0 Å². The number of amides is 2. The van der Waals surface area contributed by atoms with E-state index in [2.05, 4.69) is 15.3 Å². The Balaban J connectivity index is 1.89. The van der Waals surface area contributed by atoms with Crippen molar-refractivity contribution in [3.8, 4) is 0 Å². The summed E-state index contributed by atoms with van der Waals surface area (Å²) in [6, 6.07) is -0.476. The van der Waals surface area contributed by atoms with Crippen molar-refractivity contribution < 1.29 is 14.7 Å². The van der Waals surface area contributed by atoms with Gasteiger partial charge >= 0.3 is 12.0 Å². The third-order valence-electron chi connectivity index (χ3n) is 2.86. The van der Waals surface area contributed by atoms with E-state index >= 15 is 0 Å². The van der Waals surface area contributed by atoms with Crippen molar-refractivity contribution in [3.63, 3.8) is 0 Å². The van der Waals surface area contributed by atoms with Crippen molar-refractivity contribution >= 4 is 23.8 Å². The molecule has 104 valence electrons. The normalized spacial score (nSPS) is 19.2. The van der Waals surface area contributed by atoms with E-state index in [4.69, 9.17) is 5.11 Å². The van der Waals surface area contributed by atoms with Gasteiger partial charge in [0.1, 0.15) is 5.82 Å². The van der Waals surface area contributed by atoms with Crippen LogP contribution in [0.5, 0.6) is 0 Å². The van der Waals surface area contributed by atoms with Gasteiger partial charge in [-0.1, -0.05) is 0 Å². The molecular weight excluding hydrogens is 268 g/mol. The molecule has 1 aliphatic heterocycles. The Labute approximate surface area is 114 Å². The smallest absolute Gasteiger partial charge is 0.318 e. The van der Waals surface area contributed by atoms with Gasteiger partial charge in [0.05, 0.1) is 19.0 Å². The molecule has 1 fully saturated rings. The number of rotatable bonds is 4. The molecule has 0 aromatic carbocycles. The molecule has 2 amide bonds. The number of carbonyl (C=O) groups is 2. The number of carbonyl (C=O) groups excluding carboxylic acids is 1. The third kappa shape index (κ3) is 3.88. The monoisotopic (exact) mass is 284 g/mol. The van der Waals surface area contributed by atoms with Gasteiger partial charge in [-0.25, -0.2) is 9.78 Å². The zero-order valence-electron chi connectivity index (χ0n) is 10.3. The summed E-state index contributed by atoms with van der Waals surface area (Å²) >= 11 is 1.68. The number of carboxylic acid groups (broad SMARTS) is 1. The van der Waals surface area contributed by atoms with Gasteiger partial charge in [-0.3, -0.25) is 4.79 Å². The minimum absolute atomic E-state index is 0.0127. The van der Waals surface area contributed by atoms with E-state index in [0.29, 0.717) is 24.7 Å². The van der Waals surface area contributed by atoms with Crippen LogP contribution >= 0.6 is 11.8 Å². The number of H-pyrrole nitrogens is 1. The molecule has 0 bridgehead atoms. The van der Waals surface area contributed by atoms with Crippen LogP contribution in [0.3, 0.4) is 0 Å². The lowest BCUT2D eigenvalue weighted by Crippen LogP contribution is -2.51. The van der Waals surface area contributed by atoms with Crippen molar-refractivity contribution in [1.29, 1.82) is 0 Å². The number of urea groups is 1. The molecule has 8 heteroatoms.